The van der Waals surface area contributed by atoms with Gasteiger partial charge in [-0.15, -0.1) is 5.10 Å². The molecule has 0 radical (unpaired) electrons. The lowest BCUT2D eigenvalue weighted by molar-refractivity contribution is -0.384. The molecule has 2 aromatic carbocycles. The lowest BCUT2D eigenvalue weighted by Gasteiger charge is -2.30. The predicted molar refractivity (Wildman–Crippen MR) is 110 cm³/mol. The SMILES string of the molecule is O=C1CSC(=NN=Cc2ccc(N3CCc4ccccc4C3)c([N+](=O)[O-])c2)N1. The minimum absolute atomic E-state index is 0.0412. The van der Waals surface area contributed by atoms with Crippen molar-refractivity contribution in [2.45, 2.75) is 13.0 Å². The summed E-state index contributed by atoms with van der Waals surface area (Å²) in [5.74, 6) is 0.218. The molecule has 1 saturated heterocycles. The van der Waals surface area contributed by atoms with E-state index in [1.54, 1.807) is 12.1 Å². The second-order valence-electron chi connectivity index (χ2n) is 6.43. The van der Waals surface area contributed by atoms with E-state index in [1.165, 1.54) is 35.2 Å². The summed E-state index contributed by atoms with van der Waals surface area (Å²) in [6.07, 6.45) is 2.30. The van der Waals surface area contributed by atoms with E-state index < -0.39 is 0 Å². The van der Waals surface area contributed by atoms with Crippen molar-refractivity contribution in [3.8, 4) is 0 Å². The number of nitro benzene ring substituents is 1. The third-order valence-corrected chi connectivity index (χ3v) is 5.47. The molecule has 0 aromatic heterocycles. The summed E-state index contributed by atoms with van der Waals surface area (Å²) >= 11 is 1.27. The van der Waals surface area contributed by atoms with Crippen molar-refractivity contribution in [3.63, 3.8) is 0 Å². The molecule has 1 fully saturated rings. The van der Waals surface area contributed by atoms with Gasteiger partial charge in [-0.3, -0.25) is 14.9 Å². The fraction of sp³-hybridized carbons (Fsp3) is 0.211. The number of amides is 1. The molecule has 142 valence electrons. The van der Waals surface area contributed by atoms with Gasteiger partial charge in [0.05, 0.1) is 16.9 Å². The highest BCUT2D eigenvalue weighted by molar-refractivity contribution is 8.15. The average molecular weight is 395 g/mol. The number of fused-ring (bicyclic) bond motifs is 1. The van der Waals surface area contributed by atoms with Crippen LogP contribution in [0.2, 0.25) is 0 Å². The summed E-state index contributed by atoms with van der Waals surface area (Å²) in [7, 11) is 0. The minimum Gasteiger partial charge on any atom is -0.361 e. The molecule has 0 aliphatic carbocycles. The van der Waals surface area contributed by atoms with Crippen LogP contribution in [0, 0.1) is 10.1 Å². The number of nitrogens with zero attached hydrogens (tertiary/aromatic N) is 4. The summed E-state index contributed by atoms with van der Waals surface area (Å²) in [6, 6.07) is 13.2. The maximum atomic E-state index is 11.6. The number of carbonyl (C=O) groups excluding carboxylic acids is 1. The van der Waals surface area contributed by atoms with Gasteiger partial charge in [0.2, 0.25) is 5.91 Å². The molecule has 9 heteroatoms. The normalized spacial score (nSPS) is 17.8. The molecule has 0 unspecified atom stereocenters. The van der Waals surface area contributed by atoms with Crippen molar-refractivity contribution >= 4 is 40.4 Å². The Balaban J connectivity index is 1.56. The van der Waals surface area contributed by atoms with Crippen LogP contribution in [0.4, 0.5) is 11.4 Å². The Morgan fingerprint density at radius 2 is 2.04 bits per heavy atom. The quantitative estimate of drug-likeness (QED) is 0.487. The van der Waals surface area contributed by atoms with E-state index in [4.69, 9.17) is 0 Å². The molecule has 0 atom stereocenters. The Kier molecular flexibility index (Phi) is 5.07. The van der Waals surface area contributed by atoms with Crippen LogP contribution in [0.25, 0.3) is 0 Å². The van der Waals surface area contributed by atoms with Gasteiger partial charge in [-0.25, -0.2) is 0 Å². The highest BCUT2D eigenvalue weighted by atomic mass is 32.2. The van der Waals surface area contributed by atoms with Crippen molar-refractivity contribution in [3.05, 3.63) is 69.3 Å². The lowest BCUT2D eigenvalue weighted by atomic mass is 9.99. The number of rotatable bonds is 4. The summed E-state index contributed by atoms with van der Waals surface area (Å²) in [4.78, 5) is 24.4. The zero-order valence-electron chi connectivity index (χ0n) is 14.9. The maximum absolute atomic E-state index is 11.6. The number of anilines is 1. The van der Waals surface area contributed by atoms with Gasteiger partial charge in [-0.2, -0.15) is 5.10 Å². The Hall–Kier alpha value is -3.20. The average Bonchev–Trinajstić information content (AvgIpc) is 3.12. The summed E-state index contributed by atoms with van der Waals surface area (Å²) in [6.45, 7) is 1.38. The Labute approximate surface area is 165 Å². The maximum Gasteiger partial charge on any atom is 0.293 e. The van der Waals surface area contributed by atoms with Crippen molar-refractivity contribution < 1.29 is 9.72 Å². The summed E-state index contributed by atoms with van der Waals surface area (Å²) in [5.41, 5.74) is 3.70. The first kappa shape index (κ1) is 18.2. The third-order valence-electron chi connectivity index (χ3n) is 4.61. The van der Waals surface area contributed by atoms with Gasteiger partial charge < -0.3 is 10.2 Å². The van der Waals surface area contributed by atoms with Gasteiger partial charge >= 0.3 is 0 Å². The number of carbonyl (C=O) groups is 1. The molecule has 2 aliphatic rings. The van der Waals surface area contributed by atoms with Crippen molar-refractivity contribution in [2.75, 3.05) is 17.2 Å². The predicted octanol–water partition coefficient (Wildman–Crippen LogP) is 2.71. The van der Waals surface area contributed by atoms with Crippen molar-refractivity contribution in [1.29, 1.82) is 0 Å². The van der Waals surface area contributed by atoms with E-state index in [1.807, 2.05) is 17.0 Å². The van der Waals surface area contributed by atoms with Crippen LogP contribution in [-0.2, 0) is 17.8 Å². The first-order valence-electron chi connectivity index (χ1n) is 8.74. The second kappa shape index (κ2) is 7.81. The van der Waals surface area contributed by atoms with Gasteiger partial charge in [0, 0.05) is 24.7 Å². The van der Waals surface area contributed by atoms with Crippen LogP contribution in [-0.4, -0.2) is 34.5 Å². The number of hydrogen-bond acceptors (Lipinski definition) is 7. The smallest absolute Gasteiger partial charge is 0.293 e. The first-order valence-corrected chi connectivity index (χ1v) is 9.72. The van der Waals surface area contributed by atoms with Crippen LogP contribution < -0.4 is 10.2 Å². The molecule has 28 heavy (non-hydrogen) atoms. The summed E-state index contributed by atoms with van der Waals surface area (Å²) < 4.78 is 0. The zero-order chi connectivity index (χ0) is 19.5. The first-order chi connectivity index (χ1) is 13.6. The van der Waals surface area contributed by atoms with Gasteiger partial charge in [-0.1, -0.05) is 42.1 Å². The molecule has 2 aromatic rings. The second-order valence-corrected chi connectivity index (χ2v) is 7.40. The molecular formula is C19H17N5O3S. The number of benzene rings is 2. The molecular weight excluding hydrogens is 378 g/mol. The van der Waals surface area contributed by atoms with Crippen LogP contribution in [0.15, 0.2) is 52.7 Å². The van der Waals surface area contributed by atoms with Crippen LogP contribution in [0.3, 0.4) is 0 Å². The van der Waals surface area contributed by atoms with Crippen molar-refractivity contribution in [2.24, 2.45) is 10.2 Å². The minimum atomic E-state index is -0.369. The Bertz CT molecular complexity index is 1000. The van der Waals surface area contributed by atoms with E-state index >= 15 is 0 Å². The van der Waals surface area contributed by atoms with Gasteiger partial charge in [0.25, 0.3) is 5.69 Å². The van der Waals surface area contributed by atoms with E-state index in [0.29, 0.717) is 28.7 Å². The monoisotopic (exact) mass is 395 g/mol. The van der Waals surface area contributed by atoms with E-state index in [9.17, 15) is 14.9 Å². The number of thioether (sulfide) groups is 1. The van der Waals surface area contributed by atoms with Crippen LogP contribution in [0.5, 0.6) is 0 Å². The molecule has 2 heterocycles. The van der Waals surface area contributed by atoms with Crippen LogP contribution >= 0.6 is 11.8 Å². The highest BCUT2D eigenvalue weighted by Gasteiger charge is 2.23. The molecule has 0 spiro atoms. The molecule has 4 rings (SSSR count). The van der Waals surface area contributed by atoms with Gasteiger partial charge in [-0.05, 0) is 23.6 Å². The van der Waals surface area contributed by atoms with Gasteiger partial charge in [0.1, 0.15) is 5.69 Å². The lowest BCUT2D eigenvalue weighted by Crippen LogP contribution is -2.30. The van der Waals surface area contributed by atoms with E-state index in [0.717, 1.165) is 13.0 Å². The standard InChI is InChI=1S/C19H17N5O3S/c25-18-12-28-19(21-18)22-20-10-13-5-6-16(17(9-13)24(26)27)23-8-7-14-3-1-2-4-15(14)11-23/h1-6,9-10H,7-8,11-12H2,(H,21,22,25). The van der Waals surface area contributed by atoms with E-state index in [2.05, 4.69) is 27.7 Å². The van der Waals surface area contributed by atoms with E-state index in [-0.39, 0.29) is 16.5 Å². The number of hydrogen-bond donors (Lipinski definition) is 1. The molecule has 0 bridgehead atoms. The molecule has 8 nitrogen and oxygen atoms in total. The van der Waals surface area contributed by atoms with Crippen molar-refractivity contribution in [1.82, 2.24) is 5.32 Å². The molecule has 1 N–H and O–H groups in total. The van der Waals surface area contributed by atoms with Gasteiger partial charge in [0.15, 0.2) is 5.17 Å². The highest BCUT2D eigenvalue weighted by Crippen LogP contribution is 2.32. The number of nitro groups is 1. The molecule has 0 saturated carbocycles. The number of amidine groups is 1. The fourth-order valence-electron chi connectivity index (χ4n) is 3.26. The number of nitrogens with one attached hydrogen (secondary N) is 1. The largest absolute Gasteiger partial charge is 0.361 e. The Morgan fingerprint density at radius 1 is 1.21 bits per heavy atom. The topological polar surface area (TPSA) is 100 Å². The molecule has 2 aliphatic heterocycles. The molecule has 1 amide bonds. The third kappa shape index (κ3) is 3.89. The zero-order valence-corrected chi connectivity index (χ0v) is 15.7. The fourth-order valence-corrected chi connectivity index (χ4v) is 3.89. The van der Waals surface area contributed by atoms with Crippen LogP contribution in [0.1, 0.15) is 16.7 Å². The summed E-state index contributed by atoms with van der Waals surface area (Å²) in [5, 5.41) is 22.5. The Morgan fingerprint density at radius 3 is 2.79 bits per heavy atom.